The zero-order valence-corrected chi connectivity index (χ0v) is 13.4. The Morgan fingerprint density at radius 2 is 2.00 bits per heavy atom. The molecule has 0 aromatic carbocycles. The van der Waals surface area contributed by atoms with E-state index >= 15 is 0 Å². The molecule has 110 valence electrons. The minimum atomic E-state index is -3.32. The second kappa shape index (κ2) is 7.65. The number of hydrogen-bond donors (Lipinski definition) is 1. The van der Waals surface area contributed by atoms with Crippen molar-refractivity contribution in [2.45, 2.75) is 45.7 Å². The molecule has 0 spiro atoms. The Kier molecular flexibility index (Phi) is 7.70. The summed E-state index contributed by atoms with van der Waals surface area (Å²) in [6.07, 6.45) is 1.76. The maximum absolute atomic E-state index is 12.5. The van der Waals surface area contributed by atoms with Gasteiger partial charge in [0.15, 0.2) is 0 Å². The highest BCUT2D eigenvalue weighted by Crippen LogP contribution is 2.18. The van der Waals surface area contributed by atoms with Crippen molar-refractivity contribution in [3.63, 3.8) is 0 Å². The molecule has 1 heterocycles. The Morgan fingerprint density at radius 1 is 1.39 bits per heavy atom. The number of halogens is 1. The van der Waals surface area contributed by atoms with E-state index in [2.05, 4.69) is 5.32 Å². The highest BCUT2D eigenvalue weighted by molar-refractivity contribution is 7.86. The lowest BCUT2D eigenvalue weighted by Gasteiger charge is -2.33. The van der Waals surface area contributed by atoms with Gasteiger partial charge >= 0.3 is 0 Å². The van der Waals surface area contributed by atoms with Gasteiger partial charge in [-0.15, -0.1) is 12.4 Å². The molecule has 1 aliphatic rings. The van der Waals surface area contributed by atoms with Gasteiger partial charge in [0, 0.05) is 32.2 Å². The van der Waals surface area contributed by atoms with Crippen LogP contribution in [0.15, 0.2) is 0 Å². The third-order valence-corrected chi connectivity index (χ3v) is 5.50. The smallest absolute Gasteiger partial charge is 0.282 e. The van der Waals surface area contributed by atoms with Crippen LogP contribution < -0.4 is 5.32 Å². The van der Waals surface area contributed by atoms with Crippen molar-refractivity contribution in [1.29, 1.82) is 0 Å². The molecule has 1 saturated heterocycles. The maximum Gasteiger partial charge on any atom is 0.282 e. The summed E-state index contributed by atoms with van der Waals surface area (Å²) >= 11 is 0. The molecule has 0 aliphatic carbocycles. The molecule has 0 amide bonds. The Bertz CT molecular complexity index is 329. The molecular weight excluding hydrogens is 274 g/mol. The highest BCUT2D eigenvalue weighted by Gasteiger charge is 2.34. The normalized spacial score (nSPS) is 20.7. The molecular formula is C11H26ClN3O2S. The lowest BCUT2D eigenvalue weighted by atomic mass is 10.2. The van der Waals surface area contributed by atoms with Crippen molar-refractivity contribution in [2.75, 3.05) is 26.7 Å². The van der Waals surface area contributed by atoms with E-state index in [4.69, 9.17) is 0 Å². The van der Waals surface area contributed by atoms with Gasteiger partial charge in [-0.05, 0) is 33.2 Å². The Hall–Kier alpha value is 0.120. The average Bonchev–Trinajstić information content (AvgIpc) is 2.77. The van der Waals surface area contributed by atoms with Crippen LogP contribution >= 0.6 is 12.4 Å². The van der Waals surface area contributed by atoms with Crippen molar-refractivity contribution in [1.82, 2.24) is 13.9 Å². The third kappa shape index (κ3) is 4.06. The van der Waals surface area contributed by atoms with E-state index in [0.29, 0.717) is 6.54 Å². The lowest BCUT2D eigenvalue weighted by molar-refractivity contribution is 0.291. The van der Waals surface area contributed by atoms with Crippen molar-refractivity contribution >= 4 is 22.6 Å². The summed E-state index contributed by atoms with van der Waals surface area (Å²) in [6, 6.07) is 0.106. The zero-order chi connectivity index (χ0) is 13.1. The summed E-state index contributed by atoms with van der Waals surface area (Å²) < 4.78 is 28.1. The molecule has 5 nitrogen and oxygen atoms in total. The topological polar surface area (TPSA) is 52.7 Å². The number of nitrogens with one attached hydrogen (secondary N) is 1. The summed E-state index contributed by atoms with van der Waals surface area (Å²) in [6.45, 7) is 8.09. The molecule has 1 unspecified atom stereocenters. The summed E-state index contributed by atoms with van der Waals surface area (Å²) in [5, 5.41) is 3.23. The van der Waals surface area contributed by atoms with Gasteiger partial charge in [0.1, 0.15) is 0 Å². The molecule has 0 radical (unpaired) electrons. The Balaban J connectivity index is 0.00000289. The Labute approximate surface area is 118 Å². The first kappa shape index (κ1) is 18.1. The second-order valence-electron chi connectivity index (χ2n) is 4.88. The first-order chi connectivity index (χ1) is 7.91. The molecule has 1 N–H and O–H groups in total. The Morgan fingerprint density at radius 3 is 2.39 bits per heavy atom. The molecule has 1 fully saturated rings. The van der Waals surface area contributed by atoms with Crippen molar-refractivity contribution in [2.24, 2.45) is 0 Å². The fraction of sp³-hybridized carbons (Fsp3) is 1.00. The molecule has 1 atom stereocenters. The summed E-state index contributed by atoms with van der Waals surface area (Å²) in [5.41, 5.74) is 0. The van der Waals surface area contributed by atoms with E-state index in [1.165, 1.54) is 4.31 Å². The van der Waals surface area contributed by atoms with Crippen LogP contribution in [0.1, 0.15) is 33.6 Å². The fourth-order valence-electron chi connectivity index (χ4n) is 2.02. The summed E-state index contributed by atoms with van der Waals surface area (Å²) in [7, 11) is -1.66. The lowest BCUT2D eigenvalue weighted by Crippen LogP contribution is -2.50. The van der Waals surface area contributed by atoms with E-state index in [9.17, 15) is 8.42 Å². The van der Waals surface area contributed by atoms with Crippen LogP contribution in [0.4, 0.5) is 0 Å². The number of hydrogen-bond acceptors (Lipinski definition) is 3. The first-order valence-corrected chi connectivity index (χ1v) is 7.76. The van der Waals surface area contributed by atoms with E-state index in [1.807, 2.05) is 20.8 Å². The van der Waals surface area contributed by atoms with Crippen molar-refractivity contribution in [3.8, 4) is 0 Å². The van der Waals surface area contributed by atoms with Gasteiger partial charge in [-0.25, -0.2) is 0 Å². The minimum absolute atomic E-state index is 0. The molecule has 0 bridgehead atoms. The SMILES string of the molecule is CCCN(C1CCNC1)S(=O)(=O)N(C)C(C)C.Cl. The first-order valence-electron chi connectivity index (χ1n) is 6.36. The summed E-state index contributed by atoms with van der Waals surface area (Å²) in [4.78, 5) is 0. The standard InChI is InChI=1S/C11H25N3O2S.ClH/c1-5-8-14(11-6-7-12-9-11)17(15,16)13(4)10(2)3;/h10-12H,5-9H2,1-4H3;1H. The quantitative estimate of drug-likeness (QED) is 0.798. The minimum Gasteiger partial charge on any atom is -0.315 e. The van der Waals surface area contributed by atoms with Crippen LogP contribution in [0.5, 0.6) is 0 Å². The molecule has 0 aromatic heterocycles. The predicted molar refractivity (Wildman–Crippen MR) is 77.3 cm³/mol. The predicted octanol–water partition coefficient (Wildman–Crippen LogP) is 1.07. The van der Waals surface area contributed by atoms with Gasteiger partial charge in [0.25, 0.3) is 10.2 Å². The van der Waals surface area contributed by atoms with Gasteiger partial charge in [0.05, 0.1) is 0 Å². The fourth-order valence-corrected chi connectivity index (χ4v) is 3.86. The van der Waals surface area contributed by atoms with E-state index in [-0.39, 0.29) is 24.5 Å². The number of nitrogens with zero attached hydrogens (tertiary/aromatic N) is 2. The average molecular weight is 300 g/mol. The summed E-state index contributed by atoms with van der Waals surface area (Å²) in [5.74, 6) is 0. The molecule has 0 saturated carbocycles. The molecule has 1 aliphatic heterocycles. The van der Waals surface area contributed by atoms with Crippen LogP contribution in [0, 0.1) is 0 Å². The van der Waals surface area contributed by atoms with E-state index in [0.717, 1.165) is 25.9 Å². The van der Waals surface area contributed by atoms with Crippen LogP contribution in [0.2, 0.25) is 0 Å². The van der Waals surface area contributed by atoms with Gasteiger partial charge in [0.2, 0.25) is 0 Å². The van der Waals surface area contributed by atoms with Crippen LogP contribution in [-0.2, 0) is 10.2 Å². The second-order valence-corrected chi connectivity index (χ2v) is 6.82. The molecule has 1 rings (SSSR count). The number of rotatable bonds is 6. The van der Waals surface area contributed by atoms with Gasteiger partial charge in [-0.2, -0.15) is 17.0 Å². The molecule has 7 heteroatoms. The highest BCUT2D eigenvalue weighted by atomic mass is 35.5. The van der Waals surface area contributed by atoms with Gasteiger partial charge < -0.3 is 5.32 Å². The van der Waals surface area contributed by atoms with Gasteiger partial charge in [-0.3, -0.25) is 0 Å². The molecule has 18 heavy (non-hydrogen) atoms. The van der Waals surface area contributed by atoms with E-state index < -0.39 is 10.2 Å². The monoisotopic (exact) mass is 299 g/mol. The van der Waals surface area contributed by atoms with Crippen molar-refractivity contribution in [3.05, 3.63) is 0 Å². The van der Waals surface area contributed by atoms with Crippen LogP contribution in [0.3, 0.4) is 0 Å². The van der Waals surface area contributed by atoms with Crippen molar-refractivity contribution < 1.29 is 8.42 Å². The van der Waals surface area contributed by atoms with Crippen LogP contribution in [0.25, 0.3) is 0 Å². The maximum atomic E-state index is 12.5. The largest absolute Gasteiger partial charge is 0.315 e. The van der Waals surface area contributed by atoms with Crippen LogP contribution in [-0.4, -0.2) is 55.8 Å². The molecule has 0 aromatic rings. The third-order valence-electron chi connectivity index (χ3n) is 3.27. The van der Waals surface area contributed by atoms with Gasteiger partial charge in [-0.1, -0.05) is 6.92 Å². The van der Waals surface area contributed by atoms with E-state index in [1.54, 1.807) is 11.4 Å². The zero-order valence-electron chi connectivity index (χ0n) is 11.7.